The molecule has 0 aliphatic rings. The number of nitrogens with one attached hydrogen (secondary N) is 2. The van der Waals surface area contributed by atoms with Crippen molar-refractivity contribution in [2.24, 2.45) is 7.05 Å². The lowest BCUT2D eigenvalue weighted by atomic mass is 10.2. The molecule has 0 saturated heterocycles. The van der Waals surface area contributed by atoms with Crippen LogP contribution in [-0.4, -0.2) is 43.1 Å². The van der Waals surface area contributed by atoms with E-state index in [1.165, 1.54) is 0 Å². The van der Waals surface area contributed by atoms with Crippen LogP contribution >= 0.6 is 0 Å². The Hall–Kier alpha value is -3.58. The second-order valence-corrected chi connectivity index (χ2v) is 9.20. The third-order valence-corrected chi connectivity index (χ3v) is 5.73. The van der Waals surface area contributed by atoms with Crippen molar-refractivity contribution >= 4 is 11.8 Å². The molecule has 0 aliphatic carbocycles. The van der Waals surface area contributed by atoms with Crippen LogP contribution in [0.4, 0.5) is 0 Å². The molecule has 1 rings (SSSR count). The topological polar surface area (TPSA) is 84.2 Å². The monoisotopic (exact) mass is 549 g/mol. The van der Waals surface area contributed by atoms with E-state index in [4.69, 9.17) is 4.74 Å². The third-order valence-electron chi connectivity index (χ3n) is 5.73. The van der Waals surface area contributed by atoms with E-state index in [1.807, 2.05) is 24.6 Å². The summed E-state index contributed by atoms with van der Waals surface area (Å²) in [5.41, 5.74) is 1.34. The van der Waals surface area contributed by atoms with Gasteiger partial charge in [0.1, 0.15) is 7.05 Å². The predicted octanol–water partition coefficient (Wildman–Crippen LogP) is 5.56. The second-order valence-electron chi connectivity index (χ2n) is 9.20. The molecule has 0 aliphatic heterocycles. The van der Waals surface area contributed by atoms with Gasteiger partial charge in [-0.25, -0.2) is 9.55 Å². The molecular weight excluding hydrogens is 500 g/mol. The minimum absolute atomic E-state index is 0.00902. The van der Waals surface area contributed by atoms with Gasteiger partial charge in [0.05, 0.1) is 19.4 Å². The molecule has 7 nitrogen and oxygen atoms in total. The second kappa shape index (κ2) is 24.5. The zero-order valence-electron chi connectivity index (χ0n) is 24.7. The van der Waals surface area contributed by atoms with Gasteiger partial charge in [0.2, 0.25) is 5.91 Å². The molecule has 7 heteroatoms. The molecule has 40 heavy (non-hydrogen) atoms. The molecular formula is C33H49N4O3+. The fourth-order valence-corrected chi connectivity index (χ4v) is 3.32. The Morgan fingerprint density at radius 1 is 0.800 bits per heavy atom. The number of allylic oxidation sites excluding steroid dienone is 12. The summed E-state index contributed by atoms with van der Waals surface area (Å²) in [6.07, 6.45) is 36.4. The van der Waals surface area contributed by atoms with Crippen LogP contribution in [0.5, 0.6) is 0 Å². The highest BCUT2D eigenvalue weighted by Crippen LogP contribution is 1.98. The van der Waals surface area contributed by atoms with Crippen molar-refractivity contribution in [3.8, 4) is 0 Å². The van der Waals surface area contributed by atoms with Crippen molar-refractivity contribution in [2.75, 3.05) is 26.3 Å². The van der Waals surface area contributed by atoms with Gasteiger partial charge in [-0.15, -0.1) is 0 Å². The zero-order valence-corrected chi connectivity index (χ0v) is 24.7. The van der Waals surface area contributed by atoms with E-state index in [9.17, 15) is 9.59 Å². The number of aromatic nitrogens is 2. The number of amides is 2. The van der Waals surface area contributed by atoms with Crippen LogP contribution in [-0.2, 0) is 16.6 Å². The number of hydrogen-bond acceptors (Lipinski definition) is 4. The molecule has 0 saturated carbocycles. The Kier molecular flexibility index (Phi) is 21.1. The van der Waals surface area contributed by atoms with Crippen molar-refractivity contribution in [3.63, 3.8) is 0 Å². The molecule has 0 atom stereocenters. The molecule has 0 bridgehead atoms. The van der Waals surface area contributed by atoms with Gasteiger partial charge < -0.3 is 15.4 Å². The summed E-state index contributed by atoms with van der Waals surface area (Å²) < 4.78 is 7.32. The molecule has 218 valence electrons. The SMILES string of the molecule is CC/C=C\C/C=C\C/C=C\C/C=C\C/C=C\C/C=C\CCC(=O)NCCOCCNC(=O)c1c[n+](C)c(C)cn1. The van der Waals surface area contributed by atoms with E-state index >= 15 is 0 Å². The smallest absolute Gasteiger partial charge is 0.276 e. The van der Waals surface area contributed by atoms with Crippen molar-refractivity contribution in [1.82, 2.24) is 15.6 Å². The van der Waals surface area contributed by atoms with E-state index in [-0.39, 0.29) is 11.8 Å². The van der Waals surface area contributed by atoms with E-state index in [2.05, 4.69) is 89.4 Å². The first-order valence-electron chi connectivity index (χ1n) is 14.4. The highest BCUT2D eigenvalue weighted by Gasteiger charge is 2.12. The lowest BCUT2D eigenvalue weighted by Crippen LogP contribution is -2.36. The van der Waals surface area contributed by atoms with Gasteiger partial charge in [-0.1, -0.05) is 79.8 Å². The van der Waals surface area contributed by atoms with Gasteiger partial charge in [0.15, 0.2) is 17.6 Å². The number of carbonyl (C=O) groups is 2. The first kappa shape index (κ1) is 34.4. The molecule has 0 fully saturated rings. The Balaban J connectivity index is 1.95. The Morgan fingerprint density at radius 2 is 1.30 bits per heavy atom. The van der Waals surface area contributed by atoms with Crippen LogP contribution in [0.25, 0.3) is 0 Å². The van der Waals surface area contributed by atoms with Crippen molar-refractivity contribution < 1.29 is 18.9 Å². The summed E-state index contributed by atoms with van der Waals surface area (Å²) in [4.78, 5) is 28.1. The average molecular weight is 550 g/mol. The fraction of sp³-hybridized carbons (Fsp3) is 0.455. The summed E-state index contributed by atoms with van der Waals surface area (Å²) in [5.74, 6) is -0.225. The van der Waals surface area contributed by atoms with Crippen LogP contribution in [0.1, 0.15) is 74.5 Å². The van der Waals surface area contributed by atoms with Gasteiger partial charge in [0.25, 0.3) is 5.91 Å². The lowest BCUT2D eigenvalue weighted by Gasteiger charge is -2.07. The molecule has 1 heterocycles. The lowest BCUT2D eigenvalue weighted by molar-refractivity contribution is -0.678. The first-order valence-corrected chi connectivity index (χ1v) is 14.4. The molecule has 0 aromatic carbocycles. The standard InChI is InChI=1S/C33H48N4O3/c1-4-5-6-7-8-9-10-11-12-13-14-15-16-17-18-19-20-21-22-23-32(38)34-24-26-40-27-25-35-33(39)31-29-37(3)30(2)28-36-31/h5-6,8-9,11-12,14-15,17-18,20-21,28-29H,4,7,10,13,16,19,22-27H2,1-3H3,(H-,34,35,38,39)/p+1/b6-5-,9-8-,12-11-,15-14-,18-17-,21-20-. The van der Waals surface area contributed by atoms with E-state index < -0.39 is 0 Å². The van der Waals surface area contributed by atoms with E-state index in [0.29, 0.717) is 44.8 Å². The summed E-state index contributed by atoms with van der Waals surface area (Å²) in [7, 11) is 1.87. The first-order chi connectivity index (χ1) is 19.5. The number of hydrogen-bond donors (Lipinski definition) is 2. The molecule has 1 aromatic rings. The summed E-state index contributed by atoms with van der Waals surface area (Å²) in [5, 5.41) is 5.62. The van der Waals surface area contributed by atoms with Gasteiger partial charge in [-0.3, -0.25) is 9.59 Å². The Morgan fingerprint density at radius 3 is 1.82 bits per heavy atom. The normalized spacial score (nSPS) is 12.3. The Bertz CT molecular complexity index is 1020. The quantitative estimate of drug-likeness (QED) is 0.120. The molecule has 0 unspecified atom stereocenters. The largest absolute Gasteiger partial charge is 0.378 e. The van der Waals surface area contributed by atoms with Crippen LogP contribution in [0, 0.1) is 6.92 Å². The fourth-order valence-electron chi connectivity index (χ4n) is 3.32. The van der Waals surface area contributed by atoms with Crippen molar-refractivity contribution in [1.29, 1.82) is 0 Å². The maximum absolute atomic E-state index is 12.1. The molecule has 0 spiro atoms. The third kappa shape index (κ3) is 19.5. The average Bonchev–Trinajstić information content (AvgIpc) is 2.95. The van der Waals surface area contributed by atoms with Crippen LogP contribution in [0.3, 0.4) is 0 Å². The van der Waals surface area contributed by atoms with Crippen LogP contribution < -0.4 is 15.2 Å². The van der Waals surface area contributed by atoms with E-state index in [0.717, 1.165) is 44.2 Å². The molecule has 1 aromatic heterocycles. The van der Waals surface area contributed by atoms with E-state index in [1.54, 1.807) is 12.4 Å². The predicted molar refractivity (Wildman–Crippen MR) is 164 cm³/mol. The van der Waals surface area contributed by atoms with Gasteiger partial charge in [0, 0.05) is 26.4 Å². The summed E-state index contributed by atoms with van der Waals surface area (Å²) >= 11 is 0. The van der Waals surface area contributed by atoms with Crippen molar-refractivity contribution in [3.05, 3.63) is 96.7 Å². The zero-order chi connectivity index (χ0) is 29.1. The molecule has 0 radical (unpaired) electrons. The Labute approximate surface area is 241 Å². The summed E-state index contributed by atoms with van der Waals surface area (Å²) in [6.45, 7) is 5.68. The van der Waals surface area contributed by atoms with Crippen LogP contribution in [0.2, 0.25) is 0 Å². The minimum Gasteiger partial charge on any atom is -0.378 e. The minimum atomic E-state index is -0.234. The van der Waals surface area contributed by atoms with Crippen LogP contribution in [0.15, 0.2) is 85.3 Å². The summed E-state index contributed by atoms with van der Waals surface area (Å²) in [6, 6.07) is 0. The van der Waals surface area contributed by atoms with Gasteiger partial charge in [-0.2, -0.15) is 0 Å². The number of rotatable bonds is 21. The highest BCUT2D eigenvalue weighted by molar-refractivity contribution is 5.91. The maximum Gasteiger partial charge on any atom is 0.276 e. The number of aryl methyl sites for hydroxylation is 2. The maximum atomic E-state index is 12.1. The number of nitrogens with zero attached hydrogens (tertiary/aromatic N) is 2. The molecule has 2 amide bonds. The molecule has 2 N–H and O–H groups in total. The number of carbonyl (C=O) groups excluding carboxylic acids is 2. The number of ether oxygens (including phenoxy) is 1. The highest BCUT2D eigenvalue weighted by atomic mass is 16.5. The van der Waals surface area contributed by atoms with Gasteiger partial charge >= 0.3 is 0 Å². The van der Waals surface area contributed by atoms with Gasteiger partial charge in [-0.05, 0) is 44.9 Å². The van der Waals surface area contributed by atoms with Crippen molar-refractivity contribution in [2.45, 2.75) is 65.2 Å².